The third-order valence-corrected chi connectivity index (χ3v) is 5.30. The van der Waals surface area contributed by atoms with Crippen molar-refractivity contribution >= 4 is 5.57 Å². The Bertz CT molecular complexity index is 705. The number of fused-ring (bicyclic) bond motifs is 2. The van der Waals surface area contributed by atoms with Gasteiger partial charge in [-0.25, -0.2) is 0 Å². The fourth-order valence-corrected chi connectivity index (χ4v) is 4.16. The van der Waals surface area contributed by atoms with Crippen LogP contribution in [0, 0.1) is 6.92 Å². The van der Waals surface area contributed by atoms with Gasteiger partial charge in [0.15, 0.2) is 0 Å². The SMILES string of the molecule is Cc1cccnc1C1=CC2CCCC(C1)N2Cc1ccccc1. The van der Waals surface area contributed by atoms with Gasteiger partial charge in [0.1, 0.15) is 0 Å². The highest BCUT2D eigenvalue weighted by atomic mass is 15.2. The van der Waals surface area contributed by atoms with Crippen molar-refractivity contribution in [2.75, 3.05) is 0 Å². The number of piperidine rings is 1. The summed E-state index contributed by atoms with van der Waals surface area (Å²) < 4.78 is 0. The van der Waals surface area contributed by atoms with Crippen molar-refractivity contribution in [3.05, 3.63) is 71.6 Å². The highest BCUT2D eigenvalue weighted by Gasteiger charge is 2.34. The fourth-order valence-electron chi connectivity index (χ4n) is 4.16. The second-order valence-electron chi connectivity index (χ2n) is 6.87. The summed E-state index contributed by atoms with van der Waals surface area (Å²) in [6, 6.07) is 16.3. The zero-order valence-corrected chi connectivity index (χ0v) is 13.8. The summed E-state index contributed by atoms with van der Waals surface area (Å²) in [5.41, 5.74) is 5.40. The first-order valence-electron chi connectivity index (χ1n) is 8.73. The van der Waals surface area contributed by atoms with Gasteiger partial charge in [0.05, 0.1) is 5.69 Å². The Morgan fingerprint density at radius 3 is 2.74 bits per heavy atom. The van der Waals surface area contributed by atoms with Crippen LogP contribution in [-0.2, 0) is 6.54 Å². The van der Waals surface area contributed by atoms with Crippen molar-refractivity contribution in [3.63, 3.8) is 0 Å². The molecule has 2 aliphatic heterocycles. The molecule has 2 atom stereocenters. The van der Waals surface area contributed by atoms with E-state index >= 15 is 0 Å². The lowest BCUT2D eigenvalue weighted by atomic mass is 9.83. The number of aryl methyl sites for hydroxylation is 1. The maximum atomic E-state index is 4.65. The molecule has 2 unspecified atom stereocenters. The molecule has 4 rings (SSSR count). The van der Waals surface area contributed by atoms with Gasteiger partial charge in [-0.1, -0.05) is 48.9 Å². The van der Waals surface area contributed by atoms with E-state index < -0.39 is 0 Å². The van der Waals surface area contributed by atoms with Crippen molar-refractivity contribution < 1.29 is 0 Å². The van der Waals surface area contributed by atoms with Gasteiger partial charge >= 0.3 is 0 Å². The molecule has 0 saturated carbocycles. The van der Waals surface area contributed by atoms with Crippen LogP contribution in [0.1, 0.15) is 42.5 Å². The second-order valence-corrected chi connectivity index (χ2v) is 6.87. The Labute approximate surface area is 138 Å². The average Bonchev–Trinajstić information content (AvgIpc) is 2.56. The fraction of sp³-hybridized carbons (Fsp3) is 0.381. The molecule has 1 fully saturated rings. The maximum Gasteiger partial charge on any atom is 0.0688 e. The third-order valence-electron chi connectivity index (χ3n) is 5.30. The van der Waals surface area contributed by atoms with E-state index in [1.807, 2.05) is 12.3 Å². The minimum Gasteiger partial charge on any atom is -0.289 e. The van der Waals surface area contributed by atoms with E-state index in [-0.39, 0.29) is 0 Å². The highest BCUT2D eigenvalue weighted by molar-refractivity contribution is 5.67. The molecule has 23 heavy (non-hydrogen) atoms. The van der Waals surface area contributed by atoms with Crippen molar-refractivity contribution in [1.29, 1.82) is 0 Å². The summed E-state index contributed by atoms with van der Waals surface area (Å²) >= 11 is 0. The smallest absolute Gasteiger partial charge is 0.0688 e. The molecule has 0 N–H and O–H groups in total. The first-order chi connectivity index (χ1) is 11.3. The van der Waals surface area contributed by atoms with E-state index in [0.717, 1.165) is 13.0 Å². The summed E-state index contributed by atoms with van der Waals surface area (Å²) in [6.45, 7) is 3.25. The Hall–Kier alpha value is -1.93. The molecule has 118 valence electrons. The average molecular weight is 304 g/mol. The van der Waals surface area contributed by atoms with Gasteiger partial charge in [0.2, 0.25) is 0 Å². The molecule has 2 aromatic rings. The normalized spacial score (nSPS) is 24.3. The van der Waals surface area contributed by atoms with E-state index in [4.69, 9.17) is 0 Å². The number of hydrogen-bond donors (Lipinski definition) is 0. The van der Waals surface area contributed by atoms with Crippen LogP contribution in [0.25, 0.3) is 5.57 Å². The number of aromatic nitrogens is 1. The van der Waals surface area contributed by atoms with Crippen LogP contribution in [-0.4, -0.2) is 22.0 Å². The predicted octanol–water partition coefficient (Wildman–Crippen LogP) is 4.60. The van der Waals surface area contributed by atoms with Crippen LogP contribution in [0.5, 0.6) is 0 Å². The standard InChI is InChI=1S/C21H24N2/c1-16-7-6-12-22-21(16)18-13-19-10-5-11-20(14-18)23(19)15-17-8-3-2-4-9-17/h2-4,6-9,12-13,19-20H,5,10-11,14-15H2,1H3. The van der Waals surface area contributed by atoms with Gasteiger partial charge in [-0.2, -0.15) is 0 Å². The second kappa shape index (κ2) is 6.29. The molecular formula is C21H24N2. The Morgan fingerprint density at radius 1 is 1.09 bits per heavy atom. The quantitative estimate of drug-likeness (QED) is 0.824. The van der Waals surface area contributed by atoms with Crippen LogP contribution in [0.2, 0.25) is 0 Å². The summed E-state index contributed by atoms with van der Waals surface area (Å²) in [5.74, 6) is 0. The van der Waals surface area contributed by atoms with E-state index in [1.54, 1.807) is 0 Å². The molecule has 0 amide bonds. The monoisotopic (exact) mass is 304 g/mol. The zero-order valence-electron chi connectivity index (χ0n) is 13.8. The lowest BCUT2D eigenvalue weighted by molar-refractivity contribution is 0.0950. The lowest BCUT2D eigenvalue weighted by Crippen LogP contribution is -2.47. The van der Waals surface area contributed by atoms with Crippen molar-refractivity contribution in [3.8, 4) is 0 Å². The minimum absolute atomic E-state index is 0.569. The first kappa shape index (κ1) is 14.6. The van der Waals surface area contributed by atoms with Crippen LogP contribution in [0.4, 0.5) is 0 Å². The lowest BCUT2D eigenvalue weighted by Gasteiger charge is -2.45. The van der Waals surface area contributed by atoms with Crippen LogP contribution in [0.3, 0.4) is 0 Å². The molecule has 1 aromatic heterocycles. The molecule has 0 spiro atoms. The molecule has 2 nitrogen and oxygen atoms in total. The number of pyridine rings is 1. The molecule has 1 aromatic carbocycles. The summed E-state index contributed by atoms with van der Waals surface area (Å²) in [5, 5.41) is 0. The third kappa shape index (κ3) is 2.96. The van der Waals surface area contributed by atoms with Gasteiger partial charge < -0.3 is 0 Å². The predicted molar refractivity (Wildman–Crippen MR) is 95.0 cm³/mol. The molecule has 0 aliphatic carbocycles. The molecule has 3 heterocycles. The number of hydrogen-bond acceptors (Lipinski definition) is 2. The van der Waals surface area contributed by atoms with Crippen molar-refractivity contribution in [2.24, 2.45) is 0 Å². The zero-order chi connectivity index (χ0) is 15.6. The summed E-state index contributed by atoms with van der Waals surface area (Å²) in [7, 11) is 0. The highest BCUT2D eigenvalue weighted by Crippen LogP contribution is 2.38. The van der Waals surface area contributed by atoms with Crippen LogP contribution in [0.15, 0.2) is 54.7 Å². The summed E-state index contributed by atoms with van der Waals surface area (Å²) in [4.78, 5) is 7.36. The molecule has 2 bridgehead atoms. The van der Waals surface area contributed by atoms with E-state index in [1.165, 1.54) is 41.7 Å². The summed E-state index contributed by atoms with van der Waals surface area (Å²) in [6.07, 6.45) is 9.50. The van der Waals surface area contributed by atoms with Gasteiger partial charge in [-0.3, -0.25) is 9.88 Å². The number of nitrogens with zero attached hydrogens (tertiary/aromatic N) is 2. The minimum atomic E-state index is 0.569. The molecule has 1 saturated heterocycles. The van der Waals surface area contributed by atoms with E-state index in [2.05, 4.69) is 59.3 Å². The topological polar surface area (TPSA) is 16.1 Å². The molecule has 0 radical (unpaired) electrons. The van der Waals surface area contributed by atoms with Crippen molar-refractivity contribution in [1.82, 2.24) is 9.88 Å². The van der Waals surface area contributed by atoms with E-state index in [0.29, 0.717) is 12.1 Å². The first-order valence-corrected chi connectivity index (χ1v) is 8.73. The largest absolute Gasteiger partial charge is 0.289 e. The van der Waals surface area contributed by atoms with Gasteiger partial charge in [-0.15, -0.1) is 0 Å². The molecular weight excluding hydrogens is 280 g/mol. The van der Waals surface area contributed by atoms with Crippen LogP contribution < -0.4 is 0 Å². The van der Waals surface area contributed by atoms with Gasteiger partial charge in [0, 0.05) is 24.8 Å². The number of benzene rings is 1. The van der Waals surface area contributed by atoms with Crippen molar-refractivity contribution in [2.45, 2.75) is 51.2 Å². The Balaban J connectivity index is 1.62. The van der Waals surface area contributed by atoms with Gasteiger partial charge in [0.25, 0.3) is 0 Å². The van der Waals surface area contributed by atoms with Crippen LogP contribution >= 0.6 is 0 Å². The van der Waals surface area contributed by atoms with E-state index in [9.17, 15) is 0 Å². The Morgan fingerprint density at radius 2 is 1.96 bits per heavy atom. The maximum absolute atomic E-state index is 4.65. The van der Waals surface area contributed by atoms with Gasteiger partial charge in [-0.05, 0) is 49.0 Å². The molecule has 2 aliphatic rings. The molecule has 2 heteroatoms. The Kier molecular flexibility index (Phi) is 4.00. The number of rotatable bonds is 3.